The van der Waals surface area contributed by atoms with Gasteiger partial charge >= 0.3 is 5.97 Å². The quantitative estimate of drug-likeness (QED) is 0.768. The lowest BCUT2D eigenvalue weighted by Crippen LogP contribution is -2.40. The van der Waals surface area contributed by atoms with Gasteiger partial charge in [0.1, 0.15) is 0 Å². The van der Waals surface area contributed by atoms with Crippen LogP contribution in [-0.2, 0) is 20.4 Å². The van der Waals surface area contributed by atoms with Gasteiger partial charge in [-0.25, -0.2) is 0 Å². The van der Waals surface area contributed by atoms with Crippen molar-refractivity contribution in [2.45, 2.75) is 45.1 Å². The molecule has 0 spiro atoms. The number of rotatable bonds is 6. The molecule has 1 saturated carbocycles. The summed E-state index contributed by atoms with van der Waals surface area (Å²) in [7, 11) is -0.847. The Balaban J connectivity index is 2.40. The van der Waals surface area contributed by atoms with Gasteiger partial charge in [0.2, 0.25) is 5.91 Å². The van der Waals surface area contributed by atoms with Crippen molar-refractivity contribution in [3.05, 3.63) is 0 Å². The molecule has 1 aliphatic carbocycles. The lowest BCUT2D eigenvalue weighted by Gasteiger charge is -2.27. The van der Waals surface area contributed by atoms with Gasteiger partial charge in [0, 0.05) is 34.8 Å². The Kier molecular flexibility index (Phi) is 6.48. The average molecular weight is 289 g/mol. The third kappa shape index (κ3) is 5.72. The Morgan fingerprint density at radius 2 is 2.00 bits per heavy atom. The van der Waals surface area contributed by atoms with Gasteiger partial charge < -0.3 is 10.4 Å². The number of hydrogen-bond acceptors (Lipinski definition) is 3. The van der Waals surface area contributed by atoms with E-state index in [1.807, 2.05) is 6.92 Å². The molecule has 6 heteroatoms. The summed E-state index contributed by atoms with van der Waals surface area (Å²) in [5, 5.41) is 11.9. The van der Waals surface area contributed by atoms with Crippen LogP contribution >= 0.6 is 0 Å². The molecule has 1 aliphatic rings. The van der Waals surface area contributed by atoms with Gasteiger partial charge in [0.25, 0.3) is 0 Å². The second-order valence-electron chi connectivity index (χ2n) is 5.37. The molecule has 5 nitrogen and oxygen atoms in total. The Bertz CT molecular complexity index is 359. The van der Waals surface area contributed by atoms with Crippen LogP contribution in [0.15, 0.2) is 0 Å². The monoisotopic (exact) mass is 289 g/mol. The first-order valence-electron chi connectivity index (χ1n) is 6.73. The number of aliphatic carboxylic acids is 1. The van der Waals surface area contributed by atoms with E-state index in [9.17, 15) is 13.8 Å². The molecule has 1 fully saturated rings. The highest BCUT2D eigenvalue weighted by atomic mass is 32.2. The number of carboxylic acid groups (broad SMARTS) is 1. The van der Waals surface area contributed by atoms with Crippen molar-refractivity contribution in [1.29, 1.82) is 0 Å². The number of amides is 1. The second kappa shape index (κ2) is 7.62. The molecule has 2 N–H and O–H groups in total. The smallest absolute Gasteiger partial charge is 0.306 e. The van der Waals surface area contributed by atoms with Crippen LogP contribution in [0, 0.1) is 11.8 Å². The fourth-order valence-electron chi connectivity index (χ4n) is 2.43. The fourth-order valence-corrected chi connectivity index (χ4v) is 3.11. The summed E-state index contributed by atoms with van der Waals surface area (Å²) in [5.41, 5.74) is 0. The Labute approximate surface area is 116 Å². The van der Waals surface area contributed by atoms with Crippen LogP contribution in [0.2, 0.25) is 0 Å². The molecule has 0 aromatic heterocycles. The maximum absolute atomic E-state index is 12.0. The summed E-state index contributed by atoms with van der Waals surface area (Å²) in [6.07, 6.45) is 5.00. The maximum atomic E-state index is 12.0. The second-order valence-corrected chi connectivity index (χ2v) is 6.93. The minimum absolute atomic E-state index is 0.0124. The van der Waals surface area contributed by atoms with Gasteiger partial charge in [-0.05, 0) is 32.6 Å². The Morgan fingerprint density at radius 1 is 1.37 bits per heavy atom. The molecule has 0 bridgehead atoms. The van der Waals surface area contributed by atoms with Crippen LogP contribution in [0.25, 0.3) is 0 Å². The molecule has 1 amide bonds. The predicted molar refractivity (Wildman–Crippen MR) is 74.2 cm³/mol. The van der Waals surface area contributed by atoms with Crippen molar-refractivity contribution in [2.24, 2.45) is 11.8 Å². The summed E-state index contributed by atoms with van der Waals surface area (Å²) in [4.78, 5) is 23.0. The van der Waals surface area contributed by atoms with Crippen LogP contribution in [0.5, 0.6) is 0 Å². The van der Waals surface area contributed by atoms with Crippen LogP contribution in [0.4, 0.5) is 0 Å². The first-order chi connectivity index (χ1) is 8.90. The molecule has 4 atom stereocenters. The molecule has 0 aliphatic heterocycles. The zero-order chi connectivity index (χ0) is 14.4. The van der Waals surface area contributed by atoms with Gasteiger partial charge in [-0.3, -0.25) is 13.8 Å². The number of hydrogen-bond donors (Lipinski definition) is 2. The van der Waals surface area contributed by atoms with Gasteiger partial charge in [0.15, 0.2) is 0 Å². The van der Waals surface area contributed by atoms with Gasteiger partial charge in [-0.1, -0.05) is 6.42 Å². The van der Waals surface area contributed by atoms with E-state index in [1.54, 1.807) is 6.26 Å². The summed E-state index contributed by atoms with van der Waals surface area (Å²) in [6, 6.07) is -0.0124. The van der Waals surface area contributed by atoms with Crippen LogP contribution in [-0.4, -0.2) is 39.2 Å². The van der Waals surface area contributed by atoms with Gasteiger partial charge in [0.05, 0.1) is 5.92 Å². The number of carbonyl (C=O) groups is 2. The van der Waals surface area contributed by atoms with Crippen molar-refractivity contribution in [2.75, 3.05) is 12.0 Å². The van der Waals surface area contributed by atoms with E-state index in [0.29, 0.717) is 25.0 Å². The van der Waals surface area contributed by atoms with Gasteiger partial charge in [-0.15, -0.1) is 0 Å². The Hall–Kier alpha value is -0.910. The van der Waals surface area contributed by atoms with Crippen LogP contribution in [0.3, 0.4) is 0 Å². The fraction of sp³-hybridized carbons (Fsp3) is 0.846. The molecule has 0 radical (unpaired) electrons. The summed E-state index contributed by atoms with van der Waals surface area (Å²) in [5.74, 6) is -0.858. The maximum Gasteiger partial charge on any atom is 0.306 e. The predicted octanol–water partition coefficient (Wildman–Crippen LogP) is 1.15. The average Bonchev–Trinajstić information content (AvgIpc) is 2.36. The normalized spacial score (nSPS) is 26.4. The van der Waals surface area contributed by atoms with E-state index in [2.05, 4.69) is 5.32 Å². The third-order valence-electron chi connectivity index (χ3n) is 3.62. The van der Waals surface area contributed by atoms with Crippen LogP contribution in [0.1, 0.15) is 39.0 Å². The standard InChI is InChI=1S/C13H23NO4S/c1-9(6-7-19(2)18)14-12(15)10-4-3-5-11(8-10)13(16)17/h9-11H,3-8H2,1-2H3,(H,14,15)(H,16,17). The minimum atomic E-state index is -0.847. The molecule has 110 valence electrons. The van der Waals surface area contributed by atoms with E-state index in [-0.39, 0.29) is 23.8 Å². The summed E-state index contributed by atoms with van der Waals surface area (Å²) < 4.78 is 11.0. The highest BCUT2D eigenvalue weighted by Crippen LogP contribution is 2.29. The van der Waals surface area contributed by atoms with Crippen molar-refractivity contribution >= 4 is 22.7 Å². The molecule has 0 saturated heterocycles. The van der Waals surface area contributed by atoms with Gasteiger partial charge in [-0.2, -0.15) is 0 Å². The van der Waals surface area contributed by atoms with Crippen molar-refractivity contribution in [3.63, 3.8) is 0 Å². The summed E-state index contributed by atoms with van der Waals surface area (Å²) >= 11 is 0. The topological polar surface area (TPSA) is 83.5 Å². The zero-order valence-electron chi connectivity index (χ0n) is 11.6. The third-order valence-corrected chi connectivity index (χ3v) is 4.43. The first kappa shape index (κ1) is 16.1. The lowest BCUT2D eigenvalue weighted by atomic mass is 9.81. The number of carbonyl (C=O) groups excluding carboxylic acids is 1. The number of nitrogens with one attached hydrogen (secondary N) is 1. The molecule has 4 unspecified atom stereocenters. The Morgan fingerprint density at radius 3 is 2.58 bits per heavy atom. The largest absolute Gasteiger partial charge is 0.481 e. The molecule has 0 aromatic carbocycles. The van der Waals surface area contributed by atoms with E-state index in [4.69, 9.17) is 5.11 Å². The molecule has 0 aromatic rings. The molecule has 0 heterocycles. The minimum Gasteiger partial charge on any atom is -0.481 e. The molecule has 1 rings (SSSR count). The van der Waals surface area contributed by atoms with E-state index < -0.39 is 16.8 Å². The SMILES string of the molecule is CC(CCS(C)=O)NC(=O)C1CCCC(C(=O)O)C1. The van der Waals surface area contributed by atoms with Crippen LogP contribution < -0.4 is 5.32 Å². The molecular formula is C13H23NO4S. The van der Waals surface area contributed by atoms with E-state index in [1.165, 1.54) is 0 Å². The molecule has 19 heavy (non-hydrogen) atoms. The molecular weight excluding hydrogens is 266 g/mol. The van der Waals surface area contributed by atoms with E-state index in [0.717, 1.165) is 12.8 Å². The van der Waals surface area contributed by atoms with E-state index >= 15 is 0 Å². The highest BCUT2D eigenvalue weighted by Gasteiger charge is 2.31. The first-order valence-corrected chi connectivity index (χ1v) is 8.46. The number of carboxylic acids is 1. The zero-order valence-corrected chi connectivity index (χ0v) is 12.4. The van der Waals surface area contributed by atoms with Crippen molar-refractivity contribution in [1.82, 2.24) is 5.32 Å². The summed E-state index contributed by atoms with van der Waals surface area (Å²) in [6.45, 7) is 1.89. The highest BCUT2D eigenvalue weighted by molar-refractivity contribution is 7.84. The van der Waals surface area contributed by atoms with Crippen molar-refractivity contribution in [3.8, 4) is 0 Å². The van der Waals surface area contributed by atoms with Crippen molar-refractivity contribution < 1.29 is 18.9 Å². The lowest BCUT2D eigenvalue weighted by molar-refractivity contribution is -0.144.